The number of aryl methyl sites for hydroxylation is 1. The third kappa shape index (κ3) is 1.72. The Balaban J connectivity index is 2.07. The third-order valence-corrected chi connectivity index (χ3v) is 3.49. The van der Waals surface area contributed by atoms with Crippen molar-refractivity contribution in [2.75, 3.05) is 4.90 Å². The maximum atomic E-state index is 10.7. The first kappa shape index (κ1) is 11.1. The lowest BCUT2D eigenvalue weighted by Gasteiger charge is -2.35. The Morgan fingerprint density at radius 1 is 1.28 bits per heavy atom. The maximum absolute atomic E-state index is 10.7. The molecule has 0 bridgehead atoms. The summed E-state index contributed by atoms with van der Waals surface area (Å²) in [6.45, 7) is 2.18. The van der Waals surface area contributed by atoms with Gasteiger partial charge in [0.2, 0.25) is 5.88 Å². The number of aldehydes is 1. The van der Waals surface area contributed by atoms with Crippen LogP contribution in [0.2, 0.25) is 0 Å². The van der Waals surface area contributed by atoms with Gasteiger partial charge in [-0.2, -0.15) is 0 Å². The molecule has 2 heterocycles. The van der Waals surface area contributed by atoms with Gasteiger partial charge in [0.1, 0.15) is 0 Å². The molecule has 1 atom stereocenters. The lowest BCUT2D eigenvalue weighted by Crippen LogP contribution is -2.32. The van der Waals surface area contributed by atoms with Crippen molar-refractivity contribution in [3.8, 4) is 0 Å². The van der Waals surface area contributed by atoms with Crippen molar-refractivity contribution in [1.29, 1.82) is 0 Å². The van der Waals surface area contributed by atoms with Crippen molar-refractivity contribution in [3.63, 3.8) is 0 Å². The van der Waals surface area contributed by atoms with Gasteiger partial charge in [-0.3, -0.25) is 4.79 Å². The monoisotopic (exact) mass is 241 g/mol. The topological polar surface area (TPSA) is 33.5 Å². The van der Waals surface area contributed by atoms with Gasteiger partial charge >= 0.3 is 0 Å². The zero-order chi connectivity index (χ0) is 12.5. The van der Waals surface area contributed by atoms with Gasteiger partial charge in [-0.15, -0.1) is 0 Å². The molecule has 0 saturated heterocycles. The predicted octanol–water partition coefficient (Wildman–Crippen LogP) is 3.56. The zero-order valence-electron chi connectivity index (χ0n) is 10.3. The molecule has 18 heavy (non-hydrogen) atoms. The standard InChI is InChI=1S/C15H15NO2/c1-11-6-7-12-4-2-3-5-14(12)16(11)15-9-8-13(10-17)18-15/h2-5,8-11H,6-7H2,1H3. The number of benzene rings is 1. The molecule has 0 N–H and O–H groups in total. The van der Waals surface area contributed by atoms with Crippen LogP contribution in [-0.4, -0.2) is 12.3 Å². The summed E-state index contributed by atoms with van der Waals surface area (Å²) in [5, 5.41) is 0. The van der Waals surface area contributed by atoms with Crippen LogP contribution in [-0.2, 0) is 6.42 Å². The van der Waals surface area contributed by atoms with Crippen LogP contribution in [0.5, 0.6) is 0 Å². The van der Waals surface area contributed by atoms with Crippen LogP contribution in [0.25, 0.3) is 0 Å². The van der Waals surface area contributed by atoms with E-state index in [-0.39, 0.29) is 0 Å². The summed E-state index contributed by atoms with van der Waals surface area (Å²) >= 11 is 0. The number of carbonyl (C=O) groups is 1. The van der Waals surface area contributed by atoms with Gasteiger partial charge in [-0.25, -0.2) is 0 Å². The van der Waals surface area contributed by atoms with Gasteiger partial charge < -0.3 is 9.32 Å². The molecular weight excluding hydrogens is 226 g/mol. The molecule has 0 saturated carbocycles. The summed E-state index contributed by atoms with van der Waals surface area (Å²) in [5.41, 5.74) is 2.52. The molecule has 1 unspecified atom stereocenters. The van der Waals surface area contributed by atoms with E-state index in [0.29, 0.717) is 11.8 Å². The fraction of sp³-hybridized carbons (Fsp3) is 0.267. The Kier molecular flexibility index (Phi) is 2.67. The van der Waals surface area contributed by atoms with E-state index in [1.807, 2.05) is 12.1 Å². The number of fused-ring (bicyclic) bond motifs is 1. The molecule has 0 fully saturated rings. The normalized spacial score (nSPS) is 18.5. The lowest BCUT2D eigenvalue weighted by atomic mass is 9.97. The summed E-state index contributed by atoms with van der Waals surface area (Å²) in [4.78, 5) is 12.9. The Bertz CT molecular complexity index is 573. The van der Waals surface area contributed by atoms with E-state index < -0.39 is 0 Å². The molecular formula is C15H15NO2. The molecule has 1 aromatic carbocycles. The molecule has 1 aliphatic heterocycles. The number of para-hydroxylation sites is 1. The van der Waals surface area contributed by atoms with Gasteiger partial charge in [0, 0.05) is 17.8 Å². The van der Waals surface area contributed by atoms with Crippen molar-refractivity contribution in [2.24, 2.45) is 0 Å². The van der Waals surface area contributed by atoms with Gasteiger partial charge in [-0.05, 0) is 37.5 Å². The highest BCUT2D eigenvalue weighted by molar-refractivity contribution is 5.73. The first-order valence-corrected chi connectivity index (χ1v) is 6.22. The highest BCUT2D eigenvalue weighted by atomic mass is 16.4. The SMILES string of the molecule is CC1CCc2ccccc2N1c1ccc(C=O)o1. The first-order valence-electron chi connectivity index (χ1n) is 6.22. The van der Waals surface area contributed by atoms with E-state index in [2.05, 4.69) is 30.0 Å². The largest absolute Gasteiger partial charge is 0.437 e. The Hall–Kier alpha value is -2.03. The van der Waals surface area contributed by atoms with E-state index >= 15 is 0 Å². The Morgan fingerprint density at radius 3 is 2.89 bits per heavy atom. The maximum Gasteiger partial charge on any atom is 0.200 e. The van der Waals surface area contributed by atoms with E-state index in [4.69, 9.17) is 4.42 Å². The highest BCUT2D eigenvalue weighted by Crippen LogP contribution is 2.37. The average molecular weight is 241 g/mol. The minimum Gasteiger partial charge on any atom is -0.437 e. The van der Waals surface area contributed by atoms with Crippen molar-refractivity contribution in [2.45, 2.75) is 25.8 Å². The zero-order valence-corrected chi connectivity index (χ0v) is 10.3. The van der Waals surface area contributed by atoms with Crippen LogP contribution in [0.3, 0.4) is 0 Å². The van der Waals surface area contributed by atoms with Crippen LogP contribution in [0, 0.1) is 0 Å². The minimum absolute atomic E-state index is 0.375. The van der Waals surface area contributed by atoms with Crippen LogP contribution in [0.1, 0.15) is 29.5 Å². The van der Waals surface area contributed by atoms with Gasteiger partial charge in [-0.1, -0.05) is 18.2 Å². The summed E-state index contributed by atoms with van der Waals surface area (Å²) in [6, 6.07) is 12.3. The van der Waals surface area contributed by atoms with Crippen LogP contribution in [0.4, 0.5) is 11.6 Å². The number of anilines is 2. The Labute approximate surface area is 106 Å². The highest BCUT2D eigenvalue weighted by Gasteiger charge is 2.25. The molecule has 92 valence electrons. The smallest absolute Gasteiger partial charge is 0.200 e. The molecule has 3 heteroatoms. The van der Waals surface area contributed by atoms with E-state index in [1.54, 1.807) is 6.07 Å². The van der Waals surface area contributed by atoms with Crippen molar-refractivity contribution in [1.82, 2.24) is 0 Å². The average Bonchev–Trinajstić information content (AvgIpc) is 2.87. The van der Waals surface area contributed by atoms with Gasteiger partial charge in [0.05, 0.1) is 0 Å². The quantitative estimate of drug-likeness (QED) is 0.754. The molecule has 0 spiro atoms. The van der Waals surface area contributed by atoms with Crippen LogP contribution < -0.4 is 4.90 Å². The van der Waals surface area contributed by atoms with Gasteiger partial charge in [0.25, 0.3) is 0 Å². The van der Waals surface area contributed by atoms with Gasteiger partial charge in [0.15, 0.2) is 12.0 Å². The van der Waals surface area contributed by atoms with Crippen molar-refractivity contribution in [3.05, 3.63) is 47.7 Å². The summed E-state index contributed by atoms with van der Waals surface area (Å²) in [5.74, 6) is 1.12. The summed E-state index contributed by atoms with van der Waals surface area (Å²) in [7, 11) is 0. The number of hydrogen-bond acceptors (Lipinski definition) is 3. The predicted molar refractivity (Wildman–Crippen MR) is 70.5 cm³/mol. The number of hydrogen-bond donors (Lipinski definition) is 0. The van der Waals surface area contributed by atoms with Crippen LogP contribution >= 0.6 is 0 Å². The third-order valence-electron chi connectivity index (χ3n) is 3.49. The number of nitrogens with zero attached hydrogens (tertiary/aromatic N) is 1. The van der Waals surface area contributed by atoms with Crippen molar-refractivity contribution >= 4 is 17.9 Å². The molecule has 1 aromatic heterocycles. The number of carbonyl (C=O) groups excluding carboxylic acids is 1. The summed E-state index contributed by atoms with van der Waals surface area (Å²) < 4.78 is 5.56. The molecule has 3 rings (SSSR count). The van der Waals surface area contributed by atoms with E-state index in [9.17, 15) is 4.79 Å². The second-order valence-electron chi connectivity index (χ2n) is 4.68. The van der Waals surface area contributed by atoms with Crippen molar-refractivity contribution < 1.29 is 9.21 Å². The molecule has 0 radical (unpaired) electrons. The number of furan rings is 1. The fourth-order valence-corrected chi connectivity index (χ4v) is 2.56. The summed E-state index contributed by atoms with van der Waals surface area (Å²) in [6.07, 6.45) is 2.92. The minimum atomic E-state index is 0.375. The van der Waals surface area contributed by atoms with E-state index in [0.717, 1.165) is 25.0 Å². The lowest BCUT2D eigenvalue weighted by molar-refractivity contribution is 0.110. The second kappa shape index (κ2) is 4.33. The van der Waals surface area contributed by atoms with Crippen LogP contribution in [0.15, 0.2) is 40.8 Å². The van der Waals surface area contributed by atoms with E-state index in [1.165, 1.54) is 11.3 Å². The molecule has 2 aromatic rings. The molecule has 0 amide bonds. The second-order valence-corrected chi connectivity index (χ2v) is 4.68. The number of rotatable bonds is 2. The fourth-order valence-electron chi connectivity index (χ4n) is 2.56. The molecule has 3 nitrogen and oxygen atoms in total. The first-order chi connectivity index (χ1) is 8.79. The Morgan fingerprint density at radius 2 is 2.11 bits per heavy atom. The molecule has 0 aliphatic carbocycles. The molecule has 1 aliphatic rings.